The minimum absolute atomic E-state index is 0.249. The van der Waals surface area contributed by atoms with Crippen molar-refractivity contribution >= 4 is 26.6 Å². The molecule has 152 valence electrons. The van der Waals surface area contributed by atoms with Crippen molar-refractivity contribution in [2.45, 2.75) is 24.7 Å². The van der Waals surface area contributed by atoms with Crippen LogP contribution in [0.3, 0.4) is 0 Å². The van der Waals surface area contributed by atoms with E-state index in [1.54, 1.807) is 38.6 Å². The fourth-order valence-electron chi connectivity index (χ4n) is 3.03. The molecule has 1 saturated carbocycles. The van der Waals surface area contributed by atoms with E-state index in [-0.39, 0.29) is 5.25 Å². The van der Waals surface area contributed by atoms with Crippen LogP contribution in [0.4, 0.5) is 5.69 Å². The average Bonchev–Trinajstić information content (AvgIpc) is 3.58. The summed E-state index contributed by atoms with van der Waals surface area (Å²) < 4.78 is 43.4. The molecule has 1 aliphatic rings. The molecular weight excluding hydrogens is 392 g/mol. The molecule has 1 fully saturated rings. The maximum atomic E-state index is 12.0. The number of nitrogens with one attached hydrogen (secondary N) is 1. The number of hydrogen-bond donors (Lipinski definition) is 1. The minimum atomic E-state index is -3.26. The van der Waals surface area contributed by atoms with Gasteiger partial charge in [0.1, 0.15) is 12.4 Å². The van der Waals surface area contributed by atoms with E-state index in [2.05, 4.69) is 9.71 Å². The zero-order valence-electron chi connectivity index (χ0n) is 16.2. The number of rotatable bonds is 8. The Hall–Kier alpha value is -3.00. The lowest BCUT2D eigenvalue weighted by atomic mass is 10.1. The van der Waals surface area contributed by atoms with Gasteiger partial charge in [0.15, 0.2) is 11.5 Å². The van der Waals surface area contributed by atoms with Gasteiger partial charge in [-0.2, -0.15) is 0 Å². The lowest BCUT2D eigenvalue weighted by molar-refractivity contribution is 0.309. The van der Waals surface area contributed by atoms with E-state index in [4.69, 9.17) is 14.2 Å². The largest absolute Gasteiger partial charge is 0.493 e. The lowest BCUT2D eigenvalue weighted by Gasteiger charge is -2.13. The summed E-state index contributed by atoms with van der Waals surface area (Å²) in [5.74, 6) is 1.88. The molecule has 0 bridgehead atoms. The number of benzene rings is 2. The Balaban J connectivity index is 1.49. The number of pyridine rings is 1. The maximum absolute atomic E-state index is 12.0. The summed E-state index contributed by atoms with van der Waals surface area (Å²) in [4.78, 5) is 4.37. The number of sulfonamides is 1. The first kappa shape index (κ1) is 19.3. The van der Waals surface area contributed by atoms with Crippen LogP contribution in [0.15, 0.2) is 48.7 Å². The van der Waals surface area contributed by atoms with Crippen LogP contribution < -0.4 is 18.9 Å². The molecule has 8 heteroatoms. The third-order valence-electron chi connectivity index (χ3n) is 4.78. The Labute approximate surface area is 169 Å². The van der Waals surface area contributed by atoms with Gasteiger partial charge in [0.2, 0.25) is 10.0 Å². The second kappa shape index (κ2) is 7.79. The first-order valence-electron chi connectivity index (χ1n) is 9.24. The van der Waals surface area contributed by atoms with Crippen molar-refractivity contribution < 1.29 is 22.6 Å². The molecule has 0 amide bonds. The molecule has 1 heterocycles. The van der Waals surface area contributed by atoms with E-state index in [1.165, 1.54) is 0 Å². The van der Waals surface area contributed by atoms with E-state index < -0.39 is 10.0 Å². The van der Waals surface area contributed by atoms with Gasteiger partial charge in [-0.1, -0.05) is 12.1 Å². The zero-order valence-corrected chi connectivity index (χ0v) is 17.0. The molecule has 1 aromatic heterocycles. The summed E-state index contributed by atoms with van der Waals surface area (Å²) in [5, 5.41) is 0.570. The Morgan fingerprint density at radius 3 is 2.34 bits per heavy atom. The van der Waals surface area contributed by atoms with E-state index in [0.717, 1.165) is 29.3 Å². The topological polar surface area (TPSA) is 86.8 Å². The fraction of sp³-hybridized carbons (Fsp3) is 0.286. The second-order valence-electron chi connectivity index (χ2n) is 6.87. The molecule has 0 saturated heterocycles. The van der Waals surface area contributed by atoms with Crippen LogP contribution in [0.1, 0.15) is 18.4 Å². The third-order valence-corrected chi connectivity index (χ3v) is 6.65. The van der Waals surface area contributed by atoms with Crippen molar-refractivity contribution in [3.63, 3.8) is 0 Å². The SMILES string of the molecule is COc1cc2nccc(OCc3ccc(NS(=O)(=O)C4CC4)cc3)c2cc1OC. The second-order valence-corrected chi connectivity index (χ2v) is 8.83. The van der Waals surface area contributed by atoms with Crippen LogP contribution in [0.2, 0.25) is 0 Å². The smallest absolute Gasteiger partial charge is 0.235 e. The number of aromatic nitrogens is 1. The normalized spacial score (nSPS) is 13.9. The molecule has 1 aliphatic carbocycles. The summed E-state index contributed by atoms with van der Waals surface area (Å²) >= 11 is 0. The molecule has 4 rings (SSSR count). The summed E-state index contributed by atoms with van der Waals surface area (Å²) in [6.45, 7) is 0.336. The highest BCUT2D eigenvalue weighted by Crippen LogP contribution is 2.35. The monoisotopic (exact) mass is 414 g/mol. The highest BCUT2D eigenvalue weighted by atomic mass is 32.2. The van der Waals surface area contributed by atoms with Crippen molar-refractivity contribution in [2.24, 2.45) is 0 Å². The van der Waals surface area contributed by atoms with Crippen molar-refractivity contribution in [2.75, 3.05) is 18.9 Å². The summed E-state index contributed by atoms with van der Waals surface area (Å²) in [5.41, 5.74) is 2.22. The zero-order chi connectivity index (χ0) is 20.4. The summed E-state index contributed by atoms with van der Waals surface area (Å²) in [6, 6.07) is 12.6. The highest BCUT2D eigenvalue weighted by molar-refractivity contribution is 7.93. The molecule has 0 spiro atoms. The van der Waals surface area contributed by atoms with Gasteiger partial charge in [-0.25, -0.2) is 8.42 Å². The Bertz CT molecular complexity index is 1130. The molecule has 29 heavy (non-hydrogen) atoms. The van der Waals surface area contributed by atoms with Gasteiger partial charge in [-0.3, -0.25) is 9.71 Å². The van der Waals surface area contributed by atoms with Gasteiger partial charge >= 0.3 is 0 Å². The van der Waals surface area contributed by atoms with Gasteiger partial charge in [0, 0.05) is 23.3 Å². The molecule has 0 radical (unpaired) electrons. The molecule has 0 atom stereocenters. The van der Waals surface area contributed by atoms with Crippen LogP contribution in [0.25, 0.3) is 10.9 Å². The van der Waals surface area contributed by atoms with Gasteiger partial charge in [-0.05, 0) is 42.7 Å². The van der Waals surface area contributed by atoms with Crippen molar-refractivity contribution in [1.29, 1.82) is 0 Å². The number of ether oxygens (including phenoxy) is 3. The molecular formula is C21H22N2O5S. The molecule has 1 N–H and O–H groups in total. The number of hydrogen-bond acceptors (Lipinski definition) is 6. The van der Waals surface area contributed by atoms with Gasteiger partial charge in [0.05, 0.1) is 25.0 Å². The Morgan fingerprint density at radius 2 is 1.69 bits per heavy atom. The molecule has 0 unspecified atom stereocenters. The summed E-state index contributed by atoms with van der Waals surface area (Å²) in [6.07, 6.45) is 3.15. The number of methoxy groups -OCH3 is 2. The molecule has 2 aromatic carbocycles. The molecule has 7 nitrogen and oxygen atoms in total. The summed E-state index contributed by atoms with van der Waals surface area (Å²) in [7, 11) is -0.0906. The van der Waals surface area contributed by atoms with E-state index >= 15 is 0 Å². The Morgan fingerprint density at radius 1 is 1.00 bits per heavy atom. The highest BCUT2D eigenvalue weighted by Gasteiger charge is 2.35. The van der Waals surface area contributed by atoms with Crippen LogP contribution in [0, 0.1) is 0 Å². The fourth-order valence-corrected chi connectivity index (χ4v) is 4.42. The predicted octanol–water partition coefficient (Wildman–Crippen LogP) is 3.74. The van der Waals surface area contributed by atoms with Crippen molar-refractivity contribution in [3.8, 4) is 17.2 Å². The predicted molar refractivity (Wildman–Crippen MR) is 111 cm³/mol. The van der Waals surface area contributed by atoms with Crippen LogP contribution in [0.5, 0.6) is 17.2 Å². The van der Waals surface area contributed by atoms with Gasteiger partial charge in [-0.15, -0.1) is 0 Å². The minimum Gasteiger partial charge on any atom is -0.493 e. The van der Waals surface area contributed by atoms with E-state index in [0.29, 0.717) is 29.5 Å². The Kier molecular flexibility index (Phi) is 5.19. The lowest BCUT2D eigenvalue weighted by Crippen LogP contribution is -2.17. The van der Waals surface area contributed by atoms with Gasteiger partial charge < -0.3 is 14.2 Å². The maximum Gasteiger partial charge on any atom is 0.235 e. The number of fused-ring (bicyclic) bond motifs is 1. The van der Waals surface area contributed by atoms with Gasteiger partial charge in [0.25, 0.3) is 0 Å². The molecule has 3 aromatic rings. The van der Waals surface area contributed by atoms with Crippen LogP contribution >= 0.6 is 0 Å². The average molecular weight is 414 g/mol. The van der Waals surface area contributed by atoms with Crippen molar-refractivity contribution in [1.82, 2.24) is 4.98 Å². The third kappa shape index (κ3) is 4.22. The van der Waals surface area contributed by atoms with Crippen LogP contribution in [-0.4, -0.2) is 32.9 Å². The first-order chi connectivity index (χ1) is 14.0. The quantitative estimate of drug-likeness (QED) is 0.604. The number of nitrogens with zero attached hydrogens (tertiary/aromatic N) is 1. The first-order valence-corrected chi connectivity index (χ1v) is 10.8. The number of anilines is 1. The van der Waals surface area contributed by atoms with E-state index in [1.807, 2.05) is 24.3 Å². The van der Waals surface area contributed by atoms with E-state index in [9.17, 15) is 8.42 Å². The standard InChI is InChI=1S/C21H22N2O5S/c1-26-20-11-17-18(12-21(20)27-2)22-10-9-19(17)28-13-14-3-5-15(6-4-14)23-29(24,25)16-7-8-16/h3-6,9-12,16,23H,7-8,13H2,1-2H3. The molecule has 0 aliphatic heterocycles. The van der Waals surface area contributed by atoms with Crippen LogP contribution in [-0.2, 0) is 16.6 Å². The van der Waals surface area contributed by atoms with Crippen molar-refractivity contribution in [3.05, 3.63) is 54.2 Å².